The molecule has 1 aliphatic carbocycles. The molecule has 4 heteroatoms. The minimum absolute atomic E-state index is 0.243. The zero-order chi connectivity index (χ0) is 13.3. The first kappa shape index (κ1) is 12.9. The van der Waals surface area contributed by atoms with Crippen LogP contribution in [0.15, 0.2) is 18.2 Å². The highest BCUT2D eigenvalue weighted by molar-refractivity contribution is 5.95. The van der Waals surface area contributed by atoms with Crippen LogP contribution in [0.25, 0.3) is 0 Å². The van der Waals surface area contributed by atoms with Crippen LogP contribution in [0.2, 0.25) is 0 Å². The van der Waals surface area contributed by atoms with Gasteiger partial charge >= 0.3 is 5.97 Å². The van der Waals surface area contributed by atoms with Crippen LogP contribution < -0.4 is 5.73 Å². The highest BCUT2D eigenvalue weighted by atomic mass is 16.4. The summed E-state index contributed by atoms with van der Waals surface area (Å²) in [7, 11) is 2.04. The fourth-order valence-electron chi connectivity index (χ4n) is 2.36. The highest BCUT2D eigenvalue weighted by Gasteiger charge is 2.30. The summed E-state index contributed by atoms with van der Waals surface area (Å²) in [6.45, 7) is 2.83. The van der Waals surface area contributed by atoms with Gasteiger partial charge in [0.1, 0.15) is 0 Å². The molecule has 0 radical (unpaired) electrons. The van der Waals surface area contributed by atoms with Gasteiger partial charge in [0.05, 0.1) is 5.56 Å². The first-order valence-electron chi connectivity index (χ1n) is 6.31. The molecule has 1 aromatic rings. The monoisotopic (exact) mass is 248 g/mol. The molecule has 18 heavy (non-hydrogen) atoms. The van der Waals surface area contributed by atoms with Gasteiger partial charge in [-0.05, 0) is 44.4 Å². The molecule has 1 saturated carbocycles. The van der Waals surface area contributed by atoms with Crippen molar-refractivity contribution in [3.05, 3.63) is 29.3 Å². The molecule has 1 atom stereocenters. The number of hydrogen-bond donors (Lipinski definition) is 2. The molecule has 0 amide bonds. The van der Waals surface area contributed by atoms with Gasteiger partial charge in [-0.25, -0.2) is 4.79 Å². The second-order valence-corrected chi connectivity index (χ2v) is 5.18. The SMILES string of the molecule is CC(C1CC1)N(C)Cc1cccc(N)c1C(=O)O. The molecule has 1 unspecified atom stereocenters. The summed E-state index contributed by atoms with van der Waals surface area (Å²) in [6.07, 6.45) is 2.57. The summed E-state index contributed by atoms with van der Waals surface area (Å²) < 4.78 is 0. The molecule has 0 heterocycles. The minimum Gasteiger partial charge on any atom is -0.478 e. The van der Waals surface area contributed by atoms with Crippen LogP contribution in [-0.2, 0) is 6.54 Å². The van der Waals surface area contributed by atoms with Crippen molar-refractivity contribution in [3.8, 4) is 0 Å². The van der Waals surface area contributed by atoms with Crippen LogP contribution >= 0.6 is 0 Å². The molecule has 98 valence electrons. The Kier molecular flexibility index (Phi) is 3.57. The average molecular weight is 248 g/mol. The Morgan fingerprint density at radius 3 is 2.78 bits per heavy atom. The van der Waals surface area contributed by atoms with E-state index in [1.165, 1.54) is 12.8 Å². The molecule has 0 aliphatic heterocycles. The lowest BCUT2D eigenvalue weighted by Gasteiger charge is -2.25. The highest BCUT2D eigenvalue weighted by Crippen LogP contribution is 2.35. The number of carbonyl (C=O) groups is 1. The zero-order valence-corrected chi connectivity index (χ0v) is 10.9. The number of carboxylic acids is 1. The number of benzene rings is 1. The number of nitrogens with two attached hydrogens (primary N) is 1. The quantitative estimate of drug-likeness (QED) is 0.784. The van der Waals surface area contributed by atoms with Gasteiger partial charge in [0.2, 0.25) is 0 Å². The summed E-state index contributed by atoms with van der Waals surface area (Å²) >= 11 is 0. The van der Waals surface area contributed by atoms with E-state index in [1.54, 1.807) is 6.07 Å². The summed E-state index contributed by atoms with van der Waals surface area (Å²) in [5.41, 5.74) is 7.12. The Hall–Kier alpha value is -1.55. The minimum atomic E-state index is -0.949. The zero-order valence-electron chi connectivity index (χ0n) is 10.9. The third kappa shape index (κ3) is 2.64. The van der Waals surface area contributed by atoms with Crippen molar-refractivity contribution in [1.82, 2.24) is 4.90 Å². The molecule has 3 N–H and O–H groups in total. The van der Waals surface area contributed by atoms with E-state index >= 15 is 0 Å². The molecule has 0 spiro atoms. The predicted molar refractivity (Wildman–Crippen MR) is 71.5 cm³/mol. The number of nitrogen functional groups attached to an aromatic ring is 1. The predicted octanol–water partition coefficient (Wildman–Crippen LogP) is 2.20. The second-order valence-electron chi connectivity index (χ2n) is 5.18. The largest absolute Gasteiger partial charge is 0.478 e. The van der Waals surface area contributed by atoms with E-state index in [4.69, 9.17) is 5.73 Å². The smallest absolute Gasteiger partial charge is 0.338 e. The van der Waals surface area contributed by atoms with Crippen LogP contribution in [-0.4, -0.2) is 29.1 Å². The standard InChI is InChI=1S/C14H20N2O2/c1-9(10-6-7-10)16(2)8-11-4-3-5-12(15)13(11)14(17)18/h3-5,9-10H,6-8,15H2,1-2H3,(H,17,18). The van der Waals surface area contributed by atoms with Crippen molar-refractivity contribution >= 4 is 11.7 Å². The third-order valence-electron chi connectivity index (χ3n) is 3.82. The van der Waals surface area contributed by atoms with Gasteiger partial charge in [0, 0.05) is 18.3 Å². The van der Waals surface area contributed by atoms with Crippen LogP contribution in [0.5, 0.6) is 0 Å². The van der Waals surface area contributed by atoms with Crippen LogP contribution in [0.4, 0.5) is 5.69 Å². The van der Waals surface area contributed by atoms with Crippen LogP contribution in [0, 0.1) is 5.92 Å². The molecule has 2 rings (SSSR count). The number of nitrogens with zero attached hydrogens (tertiary/aromatic N) is 1. The van der Waals surface area contributed by atoms with Crippen molar-refractivity contribution in [2.24, 2.45) is 5.92 Å². The lowest BCUT2D eigenvalue weighted by atomic mass is 10.0. The first-order chi connectivity index (χ1) is 8.50. The van der Waals surface area contributed by atoms with Crippen molar-refractivity contribution in [2.45, 2.75) is 32.4 Å². The average Bonchev–Trinajstić information content (AvgIpc) is 3.11. The fraction of sp³-hybridized carbons (Fsp3) is 0.500. The third-order valence-corrected chi connectivity index (χ3v) is 3.82. The first-order valence-corrected chi connectivity index (χ1v) is 6.31. The van der Waals surface area contributed by atoms with E-state index in [2.05, 4.69) is 11.8 Å². The van der Waals surface area contributed by atoms with E-state index in [0.29, 0.717) is 18.3 Å². The van der Waals surface area contributed by atoms with Crippen LogP contribution in [0.1, 0.15) is 35.7 Å². The summed E-state index contributed by atoms with van der Waals surface area (Å²) in [6, 6.07) is 5.79. The van der Waals surface area contributed by atoms with E-state index < -0.39 is 5.97 Å². The number of anilines is 1. The molecule has 0 saturated heterocycles. The van der Waals surface area contributed by atoms with E-state index in [9.17, 15) is 9.90 Å². The maximum absolute atomic E-state index is 11.2. The Labute approximate surface area is 107 Å². The number of aromatic carboxylic acids is 1. The summed E-state index contributed by atoms with van der Waals surface area (Å²) in [5.74, 6) is -0.181. The lowest BCUT2D eigenvalue weighted by Crippen LogP contribution is -2.31. The Balaban J connectivity index is 2.17. The fourth-order valence-corrected chi connectivity index (χ4v) is 2.36. The lowest BCUT2D eigenvalue weighted by molar-refractivity contribution is 0.0695. The van der Waals surface area contributed by atoms with Gasteiger partial charge in [-0.15, -0.1) is 0 Å². The van der Waals surface area contributed by atoms with Gasteiger partial charge in [-0.1, -0.05) is 12.1 Å². The Bertz CT molecular complexity index is 455. The second kappa shape index (κ2) is 4.98. The van der Waals surface area contributed by atoms with Gasteiger partial charge in [-0.2, -0.15) is 0 Å². The molecule has 1 aromatic carbocycles. The number of hydrogen-bond acceptors (Lipinski definition) is 3. The van der Waals surface area contributed by atoms with E-state index in [-0.39, 0.29) is 5.56 Å². The molecule has 4 nitrogen and oxygen atoms in total. The van der Waals surface area contributed by atoms with Gasteiger partial charge in [0.25, 0.3) is 0 Å². The molecular formula is C14H20N2O2. The Morgan fingerprint density at radius 2 is 2.22 bits per heavy atom. The van der Waals surface area contributed by atoms with E-state index in [0.717, 1.165) is 11.5 Å². The van der Waals surface area contributed by atoms with Gasteiger partial charge < -0.3 is 10.8 Å². The molecular weight excluding hydrogens is 228 g/mol. The van der Waals surface area contributed by atoms with Gasteiger partial charge in [0.15, 0.2) is 0 Å². The molecule has 1 aliphatic rings. The van der Waals surface area contributed by atoms with Crippen molar-refractivity contribution in [3.63, 3.8) is 0 Å². The van der Waals surface area contributed by atoms with Crippen molar-refractivity contribution < 1.29 is 9.90 Å². The summed E-state index contributed by atoms with van der Waals surface area (Å²) in [4.78, 5) is 13.4. The normalized spacial score (nSPS) is 16.8. The van der Waals surface area contributed by atoms with E-state index in [1.807, 2.05) is 19.2 Å². The number of carboxylic acid groups (broad SMARTS) is 1. The maximum Gasteiger partial charge on any atom is 0.338 e. The van der Waals surface area contributed by atoms with Crippen LogP contribution in [0.3, 0.4) is 0 Å². The Morgan fingerprint density at radius 1 is 1.56 bits per heavy atom. The molecule has 0 aromatic heterocycles. The maximum atomic E-state index is 11.2. The summed E-state index contributed by atoms with van der Waals surface area (Å²) in [5, 5.41) is 9.22. The topological polar surface area (TPSA) is 66.6 Å². The van der Waals surface area contributed by atoms with Crippen molar-refractivity contribution in [2.75, 3.05) is 12.8 Å². The molecule has 1 fully saturated rings. The van der Waals surface area contributed by atoms with Gasteiger partial charge in [-0.3, -0.25) is 4.90 Å². The number of rotatable bonds is 5. The molecule has 0 bridgehead atoms. The van der Waals surface area contributed by atoms with Crippen molar-refractivity contribution in [1.29, 1.82) is 0 Å².